The first-order valence-corrected chi connectivity index (χ1v) is 10.4. The van der Waals surface area contributed by atoms with Crippen LogP contribution < -0.4 is 14.8 Å². The summed E-state index contributed by atoms with van der Waals surface area (Å²) in [6, 6.07) is 18.7. The second kappa shape index (κ2) is 8.83. The maximum absolute atomic E-state index is 13.0. The molecule has 0 fully saturated rings. The zero-order chi connectivity index (χ0) is 21.7. The van der Waals surface area contributed by atoms with Crippen molar-refractivity contribution in [2.75, 3.05) is 24.6 Å². The zero-order valence-corrected chi connectivity index (χ0v) is 17.0. The number of amides is 1. The van der Waals surface area contributed by atoms with Crippen molar-refractivity contribution < 1.29 is 27.5 Å². The number of carbonyl (C=O) groups excluding carboxylic acids is 2. The predicted octanol–water partition coefficient (Wildman–Crippen LogP) is 2.07. The second-order valence-electron chi connectivity index (χ2n) is 6.39. The first-order valence-electron chi connectivity index (χ1n) is 8.92. The molecule has 0 saturated carbocycles. The topological polar surface area (TPSA) is 116 Å². The molecule has 3 aromatic carbocycles. The molecule has 156 valence electrons. The molecule has 2 N–H and O–H groups in total. The summed E-state index contributed by atoms with van der Waals surface area (Å²) >= 11 is 0. The molecule has 0 aliphatic heterocycles. The maximum atomic E-state index is 13.0. The highest BCUT2D eigenvalue weighted by Gasteiger charge is 2.21. The molecule has 0 saturated heterocycles. The van der Waals surface area contributed by atoms with Gasteiger partial charge in [0, 0.05) is 7.05 Å². The molecule has 0 unspecified atom stereocenters. The number of esters is 1. The van der Waals surface area contributed by atoms with Crippen LogP contribution in [0.4, 0.5) is 5.69 Å². The number of primary amides is 1. The number of benzene rings is 3. The Bertz CT molecular complexity index is 1180. The van der Waals surface area contributed by atoms with E-state index in [4.69, 9.17) is 10.5 Å². The van der Waals surface area contributed by atoms with Crippen molar-refractivity contribution in [3.8, 4) is 5.75 Å². The lowest BCUT2D eigenvalue weighted by atomic mass is 10.1. The van der Waals surface area contributed by atoms with E-state index in [9.17, 15) is 18.0 Å². The number of nitrogens with two attached hydrogens (primary N) is 1. The van der Waals surface area contributed by atoms with Crippen LogP contribution in [0.25, 0.3) is 10.8 Å². The number of sulfonamides is 1. The first kappa shape index (κ1) is 21.1. The van der Waals surface area contributed by atoms with Gasteiger partial charge >= 0.3 is 5.97 Å². The number of fused-ring (bicyclic) bond motifs is 1. The first-order chi connectivity index (χ1) is 14.3. The van der Waals surface area contributed by atoms with Gasteiger partial charge in [-0.3, -0.25) is 9.10 Å². The molecule has 0 aliphatic rings. The average molecular weight is 428 g/mol. The van der Waals surface area contributed by atoms with Crippen LogP contribution in [0.1, 0.15) is 0 Å². The van der Waals surface area contributed by atoms with Gasteiger partial charge in [-0.15, -0.1) is 0 Å². The van der Waals surface area contributed by atoms with E-state index in [-0.39, 0.29) is 4.90 Å². The summed E-state index contributed by atoms with van der Waals surface area (Å²) in [6.45, 7) is -0.920. The normalized spacial score (nSPS) is 11.1. The van der Waals surface area contributed by atoms with Crippen LogP contribution in [-0.4, -0.2) is 40.6 Å². The minimum absolute atomic E-state index is 0.182. The third-order valence-corrected chi connectivity index (χ3v) is 6.09. The summed E-state index contributed by atoms with van der Waals surface area (Å²) < 4.78 is 37.0. The van der Waals surface area contributed by atoms with E-state index < -0.39 is 35.1 Å². The van der Waals surface area contributed by atoms with Gasteiger partial charge < -0.3 is 15.2 Å². The highest BCUT2D eigenvalue weighted by Crippen LogP contribution is 2.26. The molecule has 3 rings (SSSR count). The van der Waals surface area contributed by atoms with Gasteiger partial charge in [-0.2, -0.15) is 0 Å². The summed E-state index contributed by atoms with van der Waals surface area (Å²) in [4.78, 5) is 22.2. The Morgan fingerprint density at radius 1 is 0.933 bits per heavy atom. The van der Waals surface area contributed by atoms with Gasteiger partial charge in [0.05, 0.1) is 10.6 Å². The van der Waals surface area contributed by atoms with Crippen LogP contribution in [0.5, 0.6) is 5.75 Å². The lowest BCUT2D eigenvalue weighted by Gasteiger charge is -2.20. The van der Waals surface area contributed by atoms with E-state index in [1.165, 1.54) is 23.5 Å². The molecule has 9 heteroatoms. The molecule has 0 bridgehead atoms. The van der Waals surface area contributed by atoms with E-state index in [1.807, 2.05) is 24.3 Å². The standard InChI is InChI=1S/C21H20N2O6S/c1-23(30(26,27)19-11-6-15-4-2-3-5-16(15)12-19)17-7-9-18(10-8-17)28-14-21(25)29-13-20(22)24/h2-12H,13-14H2,1H3,(H2,22,24). The minimum atomic E-state index is -3.76. The highest BCUT2D eigenvalue weighted by molar-refractivity contribution is 7.92. The number of hydrogen-bond donors (Lipinski definition) is 1. The molecular weight excluding hydrogens is 408 g/mol. The summed E-state index contributed by atoms with van der Waals surface area (Å²) in [5.41, 5.74) is 5.31. The van der Waals surface area contributed by atoms with Crippen LogP contribution in [0.15, 0.2) is 71.6 Å². The molecule has 8 nitrogen and oxygen atoms in total. The van der Waals surface area contributed by atoms with Crippen LogP contribution in [-0.2, 0) is 24.3 Å². The fraction of sp³-hybridized carbons (Fsp3) is 0.143. The van der Waals surface area contributed by atoms with Crippen molar-refractivity contribution in [2.24, 2.45) is 5.73 Å². The van der Waals surface area contributed by atoms with E-state index >= 15 is 0 Å². The number of hydrogen-bond acceptors (Lipinski definition) is 6. The molecular formula is C21H20N2O6S. The summed E-state index contributed by atoms with van der Waals surface area (Å²) in [6.07, 6.45) is 0. The average Bonchev–Trinajstić information content (AvgIpc) is 2.75. The van der Waals surface area contributed by atoms with Gasteiger partial charge in [0.15, 0.2) is 13.2 Å². The zero-order valence-electron chi connectivity index (χ0n) is 16.1. The third-order valence-electron chi connectivity index (χ3n) is 4.31. The summed E-state index contributed by atoms with van der Waals surface area (Å²) in [5, 5.41) is 1.79. The highest BCUT2D eigenvalue weighted by atomic mass is 32.2. The maximum Gasteiger partial charge on any atom is 0.344 e. The second-order valence-corrected chi connectivity index (χ2v) is 8.36. The van der Waals surface area contributed by atoms with Crippen molar-refractivity contribution in [1.82, 2.24) is 0 Å². The largest absolute Gasteiger partial charge is 0.482 e. The number of nitrogens with zero attached hydrogens (tertiary/aromatic N) is 1. The van der Waals surface area contributed by atoms with Crippen molar-refractivity contribution in [3.63, 3.8) is 0 Å². The Hall–Kier alpha value is -3.59. The smallest absolute Gasteiger partial charge is 0.344 e. The lowest BCUT2D eigenvalue weighted by molar-refractivity contribution is -0.149. The predicted molar refractivity (Wildman–Crippen MR) is 112 cm³/mol. The third kappa shape index (κ3) is 4.87. The number of anilines is 1. The van der Waals surface area contributed by atoms with Gasteiger partial charge in [-0.05, 0) is 47.2 Å². The van der Waals surface area contributed by atoms with Crippen molar-refractivity contribution in [2.45, 2.75) is 4.90 Å². The quantitative estimate of drug-likeness (QED) is 0.549. The summed E-state index contributed by atoms with van der Waals surface area (Å²) in [5.74, 6) is -1.16. The molecule has 0 radical (unpaired) electrons. The van der Waals surface area contributed by atoms with Crippen molar-refractivity contribution >= 4 is 38.4 Å². The SMILES string of the molecule is CN(c1ccc(OCC(=O)OCC(N)=O)cc1)S(=O)(=O)c1ccc2ccccc2c1. The Balaban J connectivity index is 1.70. The van der Waals surface area contributed by atoms with Crippen LogP contribution >= 0.6 is 0 Å². The number of rotatable bonds is 8. The van der Waals surface area contributed by atoms with Crippen molar-refractivity contribution in [3.05, 3.63) is 66.7 Å². The molecule has 0 aliphatic carbocycles. The number of ether oxygens (including phenoxy) is 2. The number of carbonyl (C=O) groups is 2. The monoisotopic (exact) mass is 428 g/mol. The minimum Gasteiger partial charge on any atom is -0.482 e. The summed E-state index contributed by atoms with van der Waals surface area (Å²) in [7, 11) is -2.30. The molecule has 0 aromatic heterocycles. The Morgan fingerprint density at radius 3 is 2.27 bits per heavy atom. The van der Waals surface area contributed by atoms with Gasteiger partial charge in [0.1, 0.15) is 5.75 Å². The van der Waals surface area contributed by atoms with Gasteiger partial charge in [0.25, 0.3) is 15.9 Å². The van der Waals surface area contributed by atoms with E-state index in [2.05, 4.69) is 4.74 Å². The Kier molecular flexibility index (Phi) is 6.22. The lowest BCUT2D eigenvalue weighted by Crippen LogP contribution is -2.26. The van der Waals surface area contributed by atoms with Crippen LogP contribution in [0.2, 0.25) is 0 Å². The molecule has 0 spiro atoms. The van der Waals surface area contributed by atoms with Gasteiger partial charge in [-0.25, -0.2) is 13.2 Å². The molecule has 0 heterocycles. The van der Waals surface area contributed by atoms with E-state index in [0.29, 0.717) is 11.4 Å². The van der Waals surface area contributed by atoms with Gasteiger partial charge in [0.2, 0.25) is 0 Å². The van der Waals surface area contributed by atoms with Gasteiger partial charge in [-0.1, -0.05) is 30.3 Å². The van der Waals surface area contributed by atoms with Crippen LogP contribution in [0, 0.1) is 0 Å². The molecule has 1 amide bonds. The van der Waals surface area contributed by atoms with E-state index in [0.717, 1.165) is 10.8 Å². The fourth-order valence-electron chi connectivity index (χ4n) is 2.71. The van der Waals surface area contributed by atoms with Crippen LogP contribution in [0.3, 0.4) is 0 Å². The molecule has 30 heavy (non-hydrogen) atoms. The fourth-order valence-corrected chi connectivity index (χ4v) is 3.94. The molecule has 3 aromatic rings. The molecule has 0 atom stereocenters. The Labute approximate surface area is 173 Å². The Morgan fingerprint density at radius 2 is 1.60 bits per heavy atom. The van der Waals surface area contributed by atoms with E-state index in [1.54, 1.807) is 30.3 Å². The van der Waals surface area contributed by atoms with Crippen molar-refractivity contribution in [1.29, 1.82) is 0 Å².